The molecule has 2 fully saturated rings. The predicted octanol–water partition coefficient (Wildman–Crippen LogP) is 0.846. The van der Waals surface area contributed by atoms with Gasteiger partial charge in [-0.25, -0.2) is 8.42 Å². The van der Waals surface area contributed by atoms with Crippen LogP contribution in [-0.2, 0) is 14.8 Å². The van der Waals surface area contributed by atoms with E-state index in [4.69, 9.17) is 4.74 Å². The van der Waals surface area contributed by atoms with Crippen LogP contribution in [0.2, 0.25) is 0 Å². The molecule has 2 aliphatic rings. The zero-order valence-corrected chi connectivity index (χ0v) is 13.3. The molecule has 120 valence electrons. The van der Waals surface area contributed by atoms with Crippen molar-refractivity contribution < 1.29 is 17.9 Å². The van der Waals surface area contributed by atoms with Crippen molar-refractivity contribution in [3.63, 3.8) is 0 Å². The molecular formula is C15H20N2O4S. The first-order valence-corrected chi connectivity index (χ1v) is 8.91. The van der Waals surface area contributed by atoms with Crippen LogP contribution in [0.5, 0.6) is 0 Å². The van der Waals surface area contributed by atoms with E-state index < -0.39 is 10.0 Å². The van der Waals surface area contributed by atoms with Gasteiger partial charge in [-0.05, 0) is 30.5 Å². The minimum atomic E-state index is -3.57. The molecule has 3 rings (SSSR count). The van der Waals surface area contributed by atoms with Crippen molar-refractivity contribution in [1.29, 1.82) is 0 Å². The van der Waals surface area contributed by atoms with E-state index in [1.807, 2.05) is 0 Å². The Bertz CT molecular complexity index is 668. The molecule has 2 unspecified atom stereocenters. The fraction of sp³-hybridized carbons (Fsp3) is 0.533. The maximum Gasteiger partial charge on any atom is 0.251 e. The third-order valence-corrected chi connectivity index (χ3v) is 6.02. The SMILES string of the molecule is CC1CC1NC(=O)c1cccc(S(=O)(=O)N2CCOCC2)c1. The van der Waals surface area contributed by atoms with Gasteiger partial charge >= 0.3 is 0 Å². The molecule has 6 nitrogen and oxygen atoms in total. The van der Waals surface area contributed by atoms with Crippen LogP contribution >= 0.6 is 0 Å². The van der Waals surface area contributed by atoms with Gasteiger partial charge in [-0.2, -0.15) is 4.31 Å². The largest absolute Gasteiger partial charge is 0.379 e. The number of hydrogen-bond donors (Lipinski definition) is 1. The standard InChI is InChI=1S/C15H20N2O4S/c1-11-9-14(11)16-15(18)12-3-2-4-13(10-12)22(19,20)17-5-7-21-8-6-17/h2-4,10-11,14H,5-9H2,1H3,(H,16,18). The number of carbonyl (C=O) groups is 1. The van der Waals surface area contributed by atoms with Gasteiger partial charge < -0.3 is 10.1 Å². The van der Waals surface area contributed by atoms with E-state index in [1.165, 1.54) is 16.4 Å². The molecule has 7 heteroatoms. The topological polar surface area (TPSA) is 75.7 Å². The molecule has 0 bridgehead atoms. The lowest BCUT2D eigenvalue weighted by Gasteiger charge is -2.26. The Morgan fingerprint density at radius 3 is 2.64 bits per heavy atom. The molecular weight excluding hydrogens is 304 g/mol. The summed E-state index contributed by atoms with van der Waals surface area (Å²) < 4.78 is 31.8. The van der Waals surface area contributed by atoms with Gasteiger partial charge in [0.1, 0.15) is 0 Å². The lowest BCUT2D eigenvalue weighted by Crippen LogP contribution is -2.40. The molecule has 1 N–H and O–H groups in total. The van der Waals surface area contributed by atoms with Crippen LogP contribution in [0, 0.1) is 5.92 Å². The maximum atomic E-state index is 12.6. The summed E-state index contributed by atoms with van der Waals surface area (Å²) in [5.74, 6) is 0.289. The van der Waals surface area contributed by atoms with Crippen molar-refractivity contribution in [3.8, 4) is 0 Å². The second-order valence-corrected chi connectivity index (χ2v) is 7.78. The predicted molar refractivity (Wildman–Crippen MR) is 81.1 cm³/mol. The molecule has 0 aromatic heterocycles. The minimum Gasteiger partial charge on any atom is -0.379 e. The Hall–Kier alpha value is -1.44. The lowest BCUT2D eigenvalue weighted by molar-refractivity contribution is 0.0730. The first-order chi connectivity index (χ1) is 10.5. The molecule has 1 heterocycles. The highest BCUT2D eigenvalue weighted by molar-refractivity contribution is 7.89. The number of amides is 1. The highest BCUT2D eigenvalue weighted by atomic mass is 32.2. The second-order valence-electron chi connectivity index (χ2n) is 5.84. The molecule has 1 saturated heterocycles. The van der Waals surface area contributed by atoms with Gasteiger partial charge in [-0.1, -0.05) is 13.0 Å². The molecule has 1 amide bonds. The monoisotopic (exact) mass is 324 g/mol. The molecule has 1 aliphatic heterocycles. The summed E-state index contributed by atoms with van der Waals surface area (Å²) in [5.41, 5.74) is 0.383. The third-order valence-electron chi connectivity index (χ3n) is 4.13. The van der Waals surface area contributed by atoms with Crippen LogP contribution in [0.1, 0.15) is 23.7 Å². The van der Waals surface area contributed by atoms with Gasteiger partial charge in [0, 0.05) is 24.7 Å². The highest BCUT2D eigenvalue weighted by Gasteiger charge is 2.34. The zero-order valence-electron chi connectivity index (χ0n) is 12.5. The Morgan fingerprint density at radius 2 is 2.00 bits per heavy atom. The van der Waals surface area contributed by atoms with E-state index in [9.17, 15) is 13.2 Å². The number of nitrogens with zero attached hydrogens (tertiary/aromatic N) is 1. The van der Waals surface area contributed by atoms with E-state index in [0.717, 1.165) is 6.42 Å². The molecule has 2 atom stereocenters. The summed E-state index contributed by atoms with van der Waals surface area (Å²) in [6.07, 6.45) is 0.984. The normalized spacial score (nSPS) is 25.7. The Morgan fingerprint density at radius 1 is 1.32 bits per heavy atom. The lowest BCUT2D eigenvalue weighted by atomic mass is 10.2. The number of morpholine rings is 1. The van der Waals surface area contributed by atoms with Crippen LogP contribution in [0.15, 0.2) is 29.2 Å². The Balaban J connectivity index is 1.79. The van der Waals surface area contributed by atoms with E-state index in [0.29, 0.717) is 37.8 Å². The summed E-state index contributed by atoms with van der Waals surface area (Å²) in [6, 6.07) is 6.44. The first-order valence-electron chi connectivity index (χ1n) is 7.47. The second kappa shape index (κ2) is 5.98. The van der Waals surface area contributed by atoms with E-state index in [2.05, 4.69) is 12.2 Å². The van der Waals surface area contributed by atoms with Crippen LogP contribution in [0.3, 0.4) is 0 Å². The number of ether oxygens (including phenoxy) is 1. The Kier molecular flexibility index (Phi) is 4.20. The van der Waals surface area contributed by atoms with Crippen LogP contribution in [0.4, 0.5) is 0 Å². The Labute approximate surface area is 130 Å². The number of benzene rings is 1. The molecule has 1 saturated carbocycles. The summed E-state index contributed by atoms with van der Waals surface area (Å²) >= 11 is 0. The third kappa shape index (κ3) is 3.16. The van der Waals surface area contributed by atoms with Gasteiger partial charge in [0.25, 0.3) is 5.91 Å². The quantitative estimate of drug-likeness (QED) is 0.891. The van der Waals surface area contributed by atoms with Gasteiger partial charge in [-0.3, -0.25) is 4.79 Å². The average Bonchev–Trinajstić information content (AvgIpc) is 3.23. The number of rotatable bonds is 4. The van der Waals surface area contributed by atoms with Gasteiger partial charge in [-0.15, -0.1) is 0 Å². The number of sulfonamides is 1. The summed E-state index contributed by atoms with van der Waals surface area (Å²) in [6.45, 7) is 3.57. The van der Waals surface area contributed by atoms with Crippen molar-refractivity contribution >= 4 is 15.9 Å². The summed E-state index contributed by atoms with van der Waals surface area (Å²) in [5, 5.41) is 2.91. The van der Waals surface area contributed by atoms with Crippen molar-refractivity contribution in [2.45, 2.75) is 24.3 Å². The maximum absolute atomic E-state index is 12.6. The summed E-state index contributed by atoms with van der Waals surface area (Å²) in [7, 11) is -3.57. The zero-order chi connectivity index (χ0) is 15.7. The van der Waals surface area contributed by atoms with Crippen molar-refractivity contribution in [3.05, 3.63) is 29.8 Å². The van der Waals surface area contributed by atoms with Crippen LogP contribution in [0.25, 0.3) is 0 Å². The van der Waals surface area contributed by atoms with Gasteiger partial charge in [0.05, 0.1) is 18.1 Å². The van der Waals surface area contributed by atoms with Crippen LogP contribution in [-0.4, -0.2) is 51.0 Å². The molecule has 22 heavy (non-hydrogen) atoms. The molecule has 1 aliphatic carbocycles. The van der Waals surface area contributed by atoms with Crippen molar-refractivity contribution in [2.24, 2.45) is 5.92 Å². The minimum absolute atomic E-state index is 0.158. The first kappa shape index (κ1) is 15.5. The van der Waals surface area contributed by atoms with E-state index in [1.54, 1.807) is 12.1 Å². The number of carbonyl (C=O) groups excluding carboxylic acids is 1. The highest BCUT2D eigenvalue weighted by Crippen LogP contribution is 2.29. The molecule has 0 radical (unpaired) electrons. The fourth-order valence-electron chi connectivity index (χ4n) is 2.51. The van der Waals surface area contributed by atoms with Gasteiger partial charge in [0.2, 0.25) is 10.0 Å². The smallest absolute Gasteiger partial charge is 0.251 e. The van der Waals surface area contributed by atoms with Crippen molar-refractivity contribution in [1.82, 2.24) is 9.62 Å². The molecule has 0 spiro atoms. The number of nitrogens with one attached hydrogen (secondary N) is 1. The van der Waals surface area contributed by atoms with E-state index >= 15 is 0 Å². The van der Waals surface area contributed by atoms with Crippen molar-refractivity contribution in [2.75, 3.05) is 26.3 Å². The summed E-state index contributed by atoms with van der Waals surface area (Å²) in [4.78, 5) is 12.3. The fourth-order valence-corrected chi connectivity index (χ4v) is 3.96. The average molecular weight is 324 g/mol. The van der Waals surface area contributed by atoms with Crippen LogP contribution < -0.4 is 5.32 Å². The van der Waals surface area contributed by atoms with Gasteiger partial charge in [0.15, 0.2) is 0 Å². The molecule has 1 aromatic carbocycles. The molecule has 1 aromatic rings. The number of hydrogen-bond acceptors (Lipinski definition) is 4. The van der Waals surface area contributed by atoms with E-state index in [-0.39, 0.29) is 16.8 Å².